The number of rotatable bonds is 8. The number of aliphatic imine (C=N–C) groups is 1. The summed E-state index contributed by atoms with van der Waals surface area (Å²) in [6.07, 6.45) is 1.71. The maximum absolute atomic E-state index is 10.6. The minimum absolute atomic E-state index is 0. The number of nitrogens with one attached hydrogen (secondary N) is 2. The molecule has 0 saturated carbocycles. The molecule has 0 amide bonds. The molecule has 6 nitrogen and oxygen atoms in total. The Morgan fingerprint density at radius 3 is 2.77 bits per heavy atom. The van der Waals surface area contributed by atoms with E-state index in [0.29, 0.717) is 31.5 Å². The number of guanidine groups is 1. The van der Waals surface area contributed by atoms with Gasteiger partial charge < -0.3 is 20.5 Å². The maximum Gasteiger partial charge on any atom is 0.218 e. The summed E-state index contributed by atoms with van der Waals surface area (Å²) in [5.74, 6) is 1.25. The van der Waals surface area contributed by atoms with Crippen molar-refractivity contribution in [1.29, 1.82) is 0 Å². The highest BCUT2D eigenvalue weighted by Gasteiger charge is 2.24. The van der Waals surface area contributed by atoms with Gasteiger partial charge in [-0.1, -0.05) is 12.1 Å². The molecule has 0 aromatic carbocycles. The molecule has 2 heterocycles. The monoisotopic (exact) mass is 490 g/mol. The van der Waals surface area contributed by atoms with E-state index >= 15 is 0 Å². The second-order valence-corrected chi connectivity index (χ2v) is 6.65. The van der Waals surface area contributed by atoms with Crippen molar-refractivity contribution in [3.05, 3.63) is 46.3 Å². The molecule has 144 valence electrons. The van der Waals surface area contributed by atoms with E-state index < -0.39 is 5.60 Å². The molecule has 0 aliphatic rings. The Morgan fingerprint density at radius 1 is 1.31 bits per heavy atom. The van der Waals surface area contributed by atoms with Crippen molar-refractivity contribution in [2.45, 2.75) is 32.9 Å². The van der Waals surface area contributed by atoms with Gasteiger partial charge in [-0.2, -0.15) is 0 Å². The predicted octanol–water partition coefficient (Wildman–Crippen LogP) is 3.12. The molecule has 2 rings (SSSR count). The van der Waals surface area contributed by atoms with Gasteiger partial charge >= 0.3 is 0 Å². The van der Waals surface area contributed by atoms with Crippen molar-refractivity contribution < 1.29 is 9.84 Å². The standard InChI is InChI=1S/C18H26N4O2S.HI/c1-4-19-17(22-13-18(3,23)15-9-7-11-25-15)21-12-14-8-6-10-20-16(14)24-5-2;/h6-11,23H,4-5,12-13H2,1-3H3,(H2,19,21,22);1H. The third kappa shape index (κ3) is 6.73. The molecule has 1 unspecified atom stereocenters. The van der Waals surface area contributed by atoms with Crippen LogP contribution in [0.1, 0.15) is 31.2 Å². The average molecular weight is 490 g/mol. The number of ether oxygens (including phenoxy) is 1. The molecule has 0 bridgehead atoms. The smallest absolute Gasteiger partial charge is 0.218 e. The third-order valence-electron chi connectivity index (χ3n) is 3.53. The van der Waals surface area contributed by atoms with Gasteiger partial charge in [-0.3, -0.25) is 0 Å². The van der Waals surface area contributed by atoms with Gasteiger partial charge in [0, 0.05) is 23.2 Å². The zero-order valence-corrected chi connectivity index (χ0v) is 18.5. The van der Waals surface area contributed by atoms with E-state index in [1.165, 1.54) is 11.3 Å². The zero-order valence-electron chi connectivity index (χ0n) is 15.4. The number of aliphatic hydroxyl groups is 1. The van der Waals surface area contributed by atoms with Crippen LogP contribution in [0, 0.1) is 0 Å². The molecule has 2 aromatic heterocycles. The number of hydrogen-bond acceptors (Lipinski definition) is 5. The highest BCUT2D eigenvalue weighted by atomic mass is 127. The summed E-state index contributed by atoms with van der Waals surface area (Å²) in [6, 6.07) is 7.69. The number of nitrogens with zero attached hydrogens (tertiary/aromatic N) is 2. The van der Waals surface area contributed by atoms with E-state index in [0.717, 1.165) is 17.0 Å². The van der Waals surface area contributed by atoms with Crippen molar-refractivity contribution >= 4 is 41.3 Å². The minimum Gasteiger partial charge on any atom is -0.478 e. The number of thiophene rings is 1. The van der Waals surface area contributed by atoms with Crippen LogP contribution >= 0.6 is 35.3 Å². The largest absolute Gasteiger partial charge is 0.478 e. The van der Waals surface area contributed by atoms with Crippen molar-refractivity contribution in [3.8, 4) is 5.88 Å². The van der Waals surface area contributed by atoms with E-state index in [1.54, 1.807) is 13.1 Å². The summed E-state index contributed by atoms with van der Waals surface area (Å²) >= 11 is 1.54. The van der Waals surface area contributed by atoms with Gasteiger partial charge in [-0.15, -0.1) is 35.3 Å². The molecule has 8 heteroatoms. The molecular weight excluding hydrogens is 463 g/mol. The first kappa shape index (κ1) is 22.7. The highest BCUT2D eigenvalue weighted by Crippen LogP contribution is 2.24. The summed E-state index contributed by atoms with van der Waals surface area (Å²) < 4.78 is 5.53. The lowest BCUT2D eigenvalue weighted by atomic mass is 10.1. The summed E-state index contributed by atoms with van der Waals surface area (Å²) in [6.45, 7) is 7.84. The second-order valence-electron chi connectivity index (χ2n) is 5.70. The van der Waals surface area contributed by atoms with Crippen LogP contribution in [-0.2, 0) is 12.1 Å². The van der Waals surface area contributed by atoms with Crippen molar-refractivity contribution in [2.24, 2.45) is 4.99 Å². The predicted molar refractivity (Wildman–Crippen MR) is 118 cm³/mol. The number of halogens is 1. The fraction of sp³-hybridized carbons (Fsp3) is 0.444. The molecular formula is C18H27IN4O2S. The van der Waals surface area contributed by atoms with Crippen LogP contribution in [0.3, 0.4) is 0 Å². The second kappa shape index (κ2) is 11.3. The fourth-order valence-electron chi connectivity index (χ4n) is 2.25. The summed E-state index contributed by atoms with van der Waals surface area (Å²) in [4.78, 5) is 9.74. The van der Waals surface area contributed by atoms with Gasteiger partial charge in [0.05, 0.1) is 19.7 Å². The van der Waals surface area contributed by atoms with Gasteiger partial charge in [0.15, 0.2) is 5.96 Å². The summed E-state index contributed by atoms with van der Waals surface area (Å²) in [5, 5.41) is 19.0. The van der Waals surface area contributed by atoms with Gasteiger partial charge in [0.25, 0.3) is 0 Å². The molecule has 0 spiro atoms. The Kier molecular flexibility index (Phi) is 9.89. The quantitative estimate of drug-likeness (QED) is 0.301. The SMILES string of the molecule is CCNC(=NCc1cccnc1OCC)NCC(C)(O)c1cccs1.I. The third-order valence-corrected chi connectivity index (χ3v) is 4.66. The maximum atomic E-state index is 10.6. The number of hydrogen-bond donors (Lipinski definition) is 3. The van der Waals surface area contributed by atoms with E-state index in [-0.39, 0.29) is 24.0 Å². The van der Waals surface area contributed by atoms with E-state index in [1.807, 2.05) is 43.5 Å². The van der Waals surface area contributed by atoms with Crippen LogP contribution in [0.2, 0.25) is 0 Å². The molecule has 0 aliphatic heterocycles. The first-order valence-electron chi connectivity index (χ1n) is 8.42. The van der Waals surface area contributed by atoms with Crippen molar-refractivity contribution in [1.82, 2.24) is 15.6 Å². The van der Waals surface area contributed by atoms with Gasteiger partial charge in [-0.05, 0) is 38.3 Å². The topological polar surface area (TPSA) is 78.8 Å². The number of aromatic nitrogens is 1. The minimum atomic E-state index is -0.949. The molecule has 2 aromatic rings. The highest BCUT2D eigenvalue weighted by molar-refractivity contribution is 14.0. The van der Waals surface area contributed by atoms with E-state index in [9.17, 15) is 5.11 Å². The fourth-order valence-corrected chi connectivity index (χ4v) is 3.03. The van der Waals surface area contributed by atoms with Crippen LogP contribution in [0.25, 0.3) is 0 Å². The number of pyridine rings is 1. The van der Waals surface area contributed by atoms with Crippen LogP contribution in [0.15, 0.2) is 40.8 Å². The average Bonchev–Trinajstić information content (AvgIpc) is 3.14. The Hall–Kier alpha value is -1.39. The van der Waals surface area contributed by atoms with E-state index in [4.69, 9.17) is 4.74 Å². The summed E-state index contributed by atoms with van der Waals surface area (Å²) in [7, 11) is 0. The molecule has 0 aliphatic carbocycles. The van der Waals surface area contributed by atoms with Gasteiger partial charge in [0.1, 0.15) is 5.60 Å². The lowest BCUT2D eigenvalue weighted by Crippen LogP contribution is -2.44. The van der Waals surface area contributed by atoms with E-state index in [2.05, 4.69) is 20.6 Å². The molecule has 0 fully saturated rings. The molecule has 3 N–H and O–H groups in total. The molecule has 0 saturated heterocycles. The summed E-state index contributed by atoms with van der Waals surface area (Å²) in [5.41, 5.74) is -0.0265. The van der Waals surface area contributed by atoms with Crippen LogP contribution < -0.4 is 15.4 Å². The molecule has 1 atom stereocenters. The zero-order chi connectivity index (χ0) is 18.1. The Bertz CT molecular complexity index is 678. The van der Waals surface area contributed by atoms with Crippen LogP contribution in [0.5, 0.6) is 5.88 Å². The lowest BCUT2D eigenvalue weighted by molar-refractivity contribution is 0.0655. The van der Waals surface area contributed by atoms with Crippen molar-refractivity contribution in [2.75, 3.05) is 19.7 Å². The Morgan fingerprint density at radius 2 is 2.12 bits per heavy atom. The van der Waals surface area contributed by atoms with Crippen LogP contribution in [-0.4, -0.2) is 35.7 Å². The Balaban J connectivity index is 0.00000338. The Labute approximate surface area is 176 Å². The first-order valence-corrected chi connectivity index (χ1v) is 9.30. The molecule has 0 radical (unpaired) electrons. The molecule has 26 heavy (non-hydrogen) atoms. The van der Waals surface area contributed by atoms with Gasteiger partial charge in [0.2, 0.25) is 5.88 Å². The van der Waals surface area contributed by atoms with Crippen LogP contribution in [0.4, 0.5) is 0 Å². The lowest BCUT2D eigenvalue weighted by Gasteiger charge is -2.23. The normalized spacial score (nSPS) is 13.5. The van der Waals surface area contributed by atoms with Gasteiger partial charge in [-0.25, -0.2) is 9.98 Å². The van der Waals surface area contributed by atoms with Crippen molar-refractivity contribution in [3.63, 3.8) is 0 Å². The first-order chi connectivity index (χ1) is 12.1.